The van der Waals surface area contributed by atoms with Crippen LogP contribution in [-0.4, -0.2) is 117 Å². The van der Waals surface area contributed by atoms with E-state index in [0.717, 1.165) is 103 Å². The van der Waals surface area contributed by atoms with Crippen LogP contribution in [0.15, 0.2) is 128 Å². The first-order chi connectivity index (χ1) is 53.4. The molecule has 636 valence electrons. The van der Waals surface area contributed by atoms with E-state index in [4.69, 9.17) is 14.2 Å². The number of ether oxygens (including phenoxy) is 3. The Balaban J connectivity index is 0.000000346. The summed E-state index contributed by atoms with van der Waals surface area (Å²) in [5.41, 5.74) is -0.353. The van der Waals surface area contributed by atoms with Crippen molar-refractivity contribution in [2.45, 2.75) is 170 Å². The molecule has 2 fully saturated rings. The van der Waals surface area contributed by atoms with Crippen molar-refractivity contribution in [2.24, 2.45) is 23.7 Å². The summed E-state index contributed by atoms with van der Waals surface area (Å²) < 4.78 is 230. The zero-order valence-corrected chi connectivity index (χ0v) is 72.2. The molecule has 2 aromatic heterocycles. The zero-order chi connectivity index (χ0) is 84.1. The second-order valence-corrected chi connectivity index (χ2v) is 49.6. The fraction of sp³-hybridized carbons (Fsp3) is 0.500. The number of aromatic nitrogens is 4. The summed E-state index contributed by atoms with van der Waals surface area (Å²) in [4.78, 5) is 48.8. The van der Waals surface area contributed by atoms with Gasteiger partial charge in [0.05, 0.1) is 70.6 Å². The third-order valence-corrected chi connectivity index (χ3v) is 21.8. The average Bonchev–Trinajstić information content (AvgIpc) is 0.792. The summed E-state index contributed by atoms with van der Waals surface area (Å²) in [5, 5.41) is 9.21. The average molecular weight is 2000 g/mol. The number of aliphatic carboxylic acids is 1. The molecule has 9 rings (SSSR count). The van der Waals surface area contributed by atoms with Gasteiger partial charge in [-0.2, -0.15) is 52.7 Å². The Hall–Kier alpha value is -6.75. The maximum absolute atomic E-state index is 14.0. The van der Waals surface area contributed by atoms with Crippen LogP contribution in [0.3, 0.4) is 0 Å². The first-order valence-corrected chi connectivity index (χ1v) is 53.5. The van der Waals surface area contributed by atoms with Crippen LogP contribution in [0.2, 0.25) is 0 Å². The van der Waals surface area contributed by atoms with Crippen LogP contribution in [0, 0.1) is 37.5 Å². The molecule has 0 spiro atoms. The van der Waals surface area contributed by atoms with Crippen molar-refractivity contribution >= 4 is 92.1 Å². The molecule has 5 aromatic carbocycles. The molecule has 2 atom stereocenters. The zero-order valence-electron chi connectivity index (χ0n) is 64.1. The molecule has 2 heterocycles. The molecule has 0 amide bonds. The van der Waals surface area contributed by atoms with Gasteiger partial charge >= 0.3 is 87.1 Å². The molecule has 0 radical (unpaired) electrons. The number of nitrogens with zero attached hydrogens (tertiary/aromatic N) is 8. The van der Waals surface area contributed by atoms with Crippen molar-refractivity contribution in [1.82, 2.24) is 19.9 Å². The summed E-state index contributed by atoms with van der Waals surface area (Å²) in [5.74, 6) is -0.282. The van der Waals surface area contributed by atoms with E-state index in [9.17, 15) is 84.2 Å². The molecular formula is C80H98F12I3N8O10S2-. The van der Waals surface area contributed by atoms with E-state index in [1.165, 1.54) is 43.5 Å². The monoisotopic (exact) mass is 2000 g/mol. The number of anilines is 4. The fourth-order valence-corrected chi connectivity index (χ4v) is 14.6. The van der Waals surface area contributed by atoms with Gasteiger partial charge in [0.25, 0.3) is 0 Å². The summed E-state index contributed by atoms with van der Waals surface area (Å²) in [6.07, 6.45) is -5.54. The third kappa shape index (κ3) is 31.5. The molecular weight excluding hydrogens is 1910 g/mol. The third-order valence-electron chi connectivity index (χ3n) is 20.0. The number of sulfone groups is 2. The number of alkyl halides is 12. The Morgan fingerprint density at radius 2 is 0.852 bits per heavy atom. The second kappa shape index (κ2) is 43.8. The molecule has 0 bridgehead atoms. The van der Waals surface area contributed by atoms with Crippen molar-refractivity contribution in [2.75, 3.05) is 83.0 Å². The Bertz CT molecular complexity index is 4420. The van der Waals surface area contributed by atoms with Crippen molar-refractivity contribution in [3.05, 3.63) is 189 Å². The van der Waals surface area contributed by atoms with Gasteiger partial charge in [-0.3, -0.25) is 9.59 Å². The number of carbonyl (C=O) groups is 2. The first-order valence-electron chi connectivity index (χ1n) is 36.8. The number of carboxylic acids is 1. The maximum atomic E-state index is 14.0. The minimum absolute atomic E-state index is 0. The van der Waals surface area contributed by atoms with Gasteiger partial charge in [0.2, 0.25) is 11.9 Å². The van der Waals surface area contributed by atoms with Crippen LogP contribution < -0.4 is 42.3 Å². The fourth-order valence-electron chi connectivity index (χ4n) is 13.8. The van der Waals surface area contributed by atoms with Gasteiger partial charge < -0.3 is 38.9 Å². The first kappa shape index (κ1) is 97.1. The van der Waals surface area contributed by atoms with Gasteiger partial charge in [0.15, 0.2) is 31.2 Å². The van der Waals surface area contributed by atoms with Crippen LogP contribution in [0.1, 0.15) is 173 Å². The molecule has 18 nitrogen and oxygen atoms in total. The SMILES string of the molecule is C.CCN(CC1CCC(CC(=O)O)CC1)c1ccc(C)cc1CN(c1ncc(OCCS(C)(=O)=O)cn1)[C@@H](C)c1cc(C(F)(F)F)cc(C(F)(F)F)c1.CCN(CC1CCC(CC(=O)OCc2ccccc2)CC1)c1ccc(C)cc1CN(c1ncc(OCCS(C)(=O)=O)cn1)[C@@H](C)c1cc(C(F)(F)F)cc(C(F)(F)F)c1.I[I-]I. The molecule has 2 saturated carbocycles. The number of carboxylic acid groups (broad SMARTS) is 1. The van der Waals surface area contributed by atoms with E-state index in [1.54, 1.807) is 4.90 Å². The van der Waals surface area contributed by atoms with Crippen LogP contribution >= 0.6 is 37.2 Å². The predicted molar refractivity (Wildman–Crippen MR) is 433 cm³/mol. The Morgan fingerprint density at radius 1 is 0.522 bits per heavy atom. The second-order valence-electron chi connectivity index (χ2n) is 28.8. The number of hydrogen-bond acceptors (Lipinski definition) is 17. The van der Waals surface area contributed by atoms with Gasteiger partial charge in [-0.15, -0.1) is 0 Å². The normalized spacial score (nSPS) is 16.6. The number of esters is 1. The van der Waals surface area contributed by atoms with E-state index in [1.807, 2.05) is 94.4 Å². The molecule has 0 unspecified atom stereocenters. The van der Waals surface area contributed by atoms with Gasteiger partial charge in [0.1, 0.15) is 19.8 Å². The quantitative estimate of drug-likeness (QED) is 0.0236. The molecule has 7 aromatic rings. The summed E-state index contributed by atoms with van der Waals surface area (Å²) in [6.45, 7) is 13.3. The summed E-state index contributed by atoms with van der Waals surface area (Å²) in [6, 6.07) is 22.0. The van der Waals surface area contributed by atoms with E-state index < -0.39 is 84.7 Å². The Kier molecular flexibility index (Phi) is 37.0. The number of aryl methyl sites for hydroxylation is 2. The summed E-state index contributed by atoms with van der Waals surface area (Å²) in [7, 11) is -6.63. The number of hydrogen-bond donors (Lipinski definition) is 1. The molecule has 0 saturated heterocycles. The number of benzene rings is 5. The van der Waals surface area contributed by atoms with Gasteiger partial charge in [0, 0.05) is 76.0 Å². The predicted octanol–water partition coefficient (Wildman–Crippen LogP) is 17.3. The molecule has 35 heteroatoms. The Labute approximate surface area is 695 Å². The number of rotatable bonds is 32. The molecule has 2 aliphatic carbocycles. The van der Waals surface area contributed by atoms with Gasteiger partial charge in [-0.1, -0.05) is 73.2 Å². The molecule has 1 N–H and O–H groups in total. The van der Waals surface area contributed by atoms with E-state index >= 15 is 0 Å². The topological polar surface area (TPSA) is 215 Å². The van der Waals surface area contributed by atoms with Crippen molar-refractivity contribution < 1.29 is 112 Å². The number of halogens is 15. The van der Waals surface area contributed by atoms with E-state index in [0.29, 0.717) is 82.0 Å². The van der Waals surface area contributed by atoms with Crippen LogP contribution in [0.25, 0.3) is 0 Å². The standard InChI is InChI=1S/C43H50F6N4O5S.C36H44F6N4O5S.CH4.I3/c1-5-52(26-32-14-12-31(13-15-32)20-40(54)58-28-33-9-7-6-8-10-33)39-16-11-29(2)19-35(39)27-53(41-50-24-38(25-51-41)57-17-18-59(4,55)56)30(3)34-21-36(42(44,45)46)23-37(22-34)43(47,48)49;1-5-45(21-26-9-7-25(8-10-26)15-33(47)48)32-11-6-23(2)14-28(32)22-46(34-43-19-31(20-44-34)51-12-13-52(4,49)50)24(3)27-16-29(35(37,38)39)18-30(17-27)36(40,41)42;;1-3-2/h6-11,16,19,21-25,30-32H,5,12-15,17-18,20,26-28H2,1-4H3;6,11,14,16-20,24-26H,5,7-10,12-13,15,21-22H2,1-4H3,(H,47,48);1H4;/q;;;-1/t30-,31?,32?;24-,25?,26?;;/m00../s1. The van der Waals surface area contributed by atoms with Crippen LogP contribution in [-0.2, 0) is 78.4 Å². The van der Waals surface area contributed by atoms with Crippen molar-refractivity contribution in [3.8, 4) is 11.5 Å². The van der Waals surface area contributed by atoms with Crippen molar-refractivity contribution in [1.29, 1.82) is 0 Å². The molecule has 115 heavy (non-hydrogen) atoms. The van der Waals surface area contributed by atoms with E-state index in [2.05, 4.69) is 67.0 Å². The van der Waals surface area contributed by atoms with Crippen LogP contribution in [0.5, 0.6) is 11.5 Å². The van der Waals surface area contributed by atoms with Crippen LogP contribution in [0.4, 0.5) is 76.0 Å². The van der Waals surface area contributed by atoms with E-state index in [-0.39, 0.29) is 123 Å². The Morgan fingerprint density at radius 3 is 1.17 bits per heavy atom. The summed E-state index contributed by atoms with van der Waals surface area (Å²) >= 11 is 5.30. The van der Waals surface area contributed by atoms with Gasteiger partial charge in [-0.05, 0) is 193 Å². The van der Waals surface area contributed by atoms with Crippen molar-refractivity contribution in [3.63, 3.8) is 0 Å². The minimum atomic E-state index is -5.04. The van der Waals surface area contributed by atoms with Gasteiger partial charge in [-0.25, -0.2) is 36.8 Å². The molecule has 2 aliphatic rings. The molecule has 0 aliphatic heterocycles. The number of carbonyl (C=O) groups excluding carboxylic acids is 1.